The smallest absolute Gasteiger partial charge is 0.246 e. The van der Waals surface area contributed by atoms with Gasteiger partial charge < -0.3 is 9.84 Å². The Morgan fingerprint density at radius 1 is 1.20 bits per heavy atom. The van der Waals surface area contributed by atoms with E-state index in [1.807, 2.05) is 29.6 Å². The Morgan fingerprint density at radius 2 is 1.90 bits per heavy atom. The molecule has 0 radical (unpaired) electrons. The Labute approximate surface area is 180 Å². The first-order valence-electron chi connectivity index (χ1n) is 9.25. The zero-order chi connectivity index (χ0) is 21.9. The third-order valence-electron chi connectivity index (χ3n) is 4.36. The molecule has 0 saturated heterocycles. The van der Waals surface area contributed by atoms with Crippen LogP contribution in [0.15, 0.2) is 46.3 Å². The third-order valence-corrected chi connectivity index (χ3v) is 6.36. The number of nitrogens with zero attached hydrogens (tertiary/aromatic N) is 3. The first kappa shape index (κ1) is 22.0. The summed E-state index contributed by atoms with van der Waals surface area (Å²) in [7, 11) is -3.65. The van der Waals surface area contributed by atoms with Crippen LogP contribution in [0.2, 0.25) is 0 Å². The van der Waals surface area contributed by atoms with Crippen LogP contribution in [0.5, 0.6) is 0 Å². The number of anilines is 1. The van der Waals surface area contributed by atoms with Gasteiger partial charge in [-0.15, -0.1) is 11.3 Å². The Morgan fingerprint density at radius 3 is 2.47 bits per heavy atom. The summed E-state index contributed by atoms with van der Waals surface area (Å²) in [5.74, 6) is 0.217. The largest absolute Gasteiger partial charge is 0.345 e. The molecule has 2 heterocycles. The average Bonchev–Trinajstić information content (AvgIpc) is 3.34. The zero-order valence-electron chi connectivity index (χ0n) is 17.2. The molecule has 0 aliphatic rings. The standard InChI is InChI=1S/C20H24N4O4S2/c1-20(2,3)14-7-9-15(10-8-14)24(30(4,26)27)13-17(25)21-12-18-22-19(23-28-18)16-6-5-11-29-16/h5-11H,12-13H2,1-4H3,(H,21,25). The topological polar surface area (TPSA) is 105 Å². The molecular weight excluding hydrogens is 424 g/mol. The summed E-state index contributed by atoms with van der Waals surface area (Å²) in [4.78, 5) is 17.5. The van der Waals surface area contributed by atoms with Crippen molar-refractivity contribution in [3.63, 3.8) is 0 Å². The monoisotopic (exact) mass is 448 g/mol. The molecule has 0 aliphatic carbocycles. The van der Waals surface area contributed by atoms with Crippen molar-refractivity contribution in [2.75, 3.05) is 17.1 Å². The average molecular weight is 449 g/mol. The predicted octanol–water partition coefficient (Wildman–Crippen LogP) is 3.18. The van der Waals surface area contributed by atoms with Crippen LogP contribution in [0.3, 0.4) is 0 Å². The number of carbonyl (C=O) groups is 1. The maximum absolute atomic E-state index is 12.4. The second-order valence-electron chi connectivity index (χ2n) is 7.83. The van der Waals surface area contributed by atoms with E-state index in [9.17, 15) is 13.2 Å². The number of rotatable bonds is 7. The Bertz CT molecular complexity index is 1100. The lowest BCUT2D eigenvalue weighted by Crippen LogP contribution is -2.40. The number of sulfonamides is 1. The van der Waals surface area contributed by atoms with Crippen LogP contribution in [-0.4, -0.2) is 37.3 Å². The molecule has 0 atom stereocenters. The summed E-state index contributed by atoms with van der Waals surface area (Å²) >= 11 is 1.48. The molecule has 0 saturated carbocycles. The van der Waals surface area contributed by atoms with E-state index in [2.05, 4.69) is 36.2 Å². The van der Waals surface area contributed by atoms with Gasteiger partial charge in [0.15, 0.2) is 0 Å². The molecule has 0 fully saturated rings. The number of hydrogen-bond donors (Lipinski definition) is 1. The van der Waals surface area contributed by atoms with E-state index in [4.69, 9.17) is 4.52 Å². The van der Waals surface area contributed by atoms with Gasteiger partial charge in [-0.3, -0.25) is 9.10 Å². The van der Waals surface area contributed by atoms with Gasteiger partial charge in [-0.1, -0.05) is 44.1 Å². The summed E-state index contributed by atoms with van der Waals surface area (Å²) in [6.07, 6.45) is 1.07. The molecule has 3 rings (SSSR count). The third kappa shape index (κ3) is 5.45. The van der Waals surface area contributed by atoms with E-state index >= 15 is 0 Å². The van der Waals surface area contributed by atoms with Crippen molar-refractivity contribution in [1.29, 1.82) is 0 Å². The van der Waals surface area contributed by atoms with Gasteiger partial charge in [0.2, 0.25) is 27.6 Å². The lowest BCUT2D eigenvalue weighted by Gasteiger charge is -2.24. The number of amides is 1. The van der Waals surface area contributed by atoms with Gasteiger partial charge in [-0.2, -0.15) is 4.98 Å². The second-order valence-corrected chi connectivity index (χ2v) is 10.7. The fourth-order valence-electron chi connectivity index (χ4n) is 2.72. The van der Waals surface area contributed by atoms with Crippen molar-refractivity contribution in [3.05, 3.63) is 53.2 Å². The molecular formula is C20H24N4O4S2. The zero-order valence-corrected chi connectivity index (χ0v) is 18.9. The second kappa shape index (κ2) is 8.57. The van der Waals surface area contributed by atoms with Crippen LogP contribution in [0.1, 0.15) is 32.2 Å². The van der Waals surface area contributed by atoms with Crippen LogP contribution >= 0.6 is 11.3 Å². The van der Waals surface area contributed by atoms with Gasteiger partial charge in [0.25, 0.3) is 0 Å². The van der Waals surface area contributed by atoms with Crippen molar-refractivity contribution in [1.82, 2.24) is 15.5 Å². The molecule has 0 bridgehead atoms. The predicted molar refractivity (Wildman–Crippen MR) is 117 cm³/mol. The van der Waals surface area contributed by atoms with Gasteiger partial charge >= 0.3 is 0 Å². The normalized spacial score (nSPS) is 12.0. The van der Waals surface area contributed by atoms with Gasteiger partial charge in [0.1, 0.15) is 6.54 Å². The summed E-state index contributed by atoms with van der Waals surface area (Å²) in [6.45, 7) is 5.89. The molecule has 0 aliphatic heterocycles. The molecule has 3 aromatic rings. The quantitative estimate of drug-likeness (QED) is 0.595. The van der Waals surface area contributed by atoms with Crippen molar-refractivity contribution in [3.8, 4) is 10.7 Å². The number of thiophene rings is 1. The van der Waals surface area contributed by atoms with Crippen LogP contribution in [0.4, 0.5) is 5.69 Å². The summed E-state index contributed by atoms with van der Waals surface area (Å²) in [6, 6.07) is 10.9. The molecule has 30 heavy (non-hydrogen) atoms. The molecule has 1 aromatic carbocycles. The lowest BCUT2D eigenvalue weighted by atomic mass is 9.87. The van der Waals surface area contributed by atoms with Crippen LogP contribution in [-0.2, 0) is 26.8 Å². The molecule has 2 aromatic heterocycles. The molecule has 10 heteroatoms. The van der Waals surface area contributed by atoms with Crippen LogP contribution < -0.4 is 9.62 Å². The summed E-state index contributed by atoms with van der Waals surface area (Å²) in [5, 5.41) is 8.41. The first-order valence-corrected chi connectivity index (χ1v) is 12.0. The van der Waals surface area contributed by atoms with E-state index in [1.165, 1.54) is 11.3 Å². The highest BCUT2D eigenvalue weighted by Gasteiger charge is 2.22. The number of hydrogen-bond acceptors (Lipinski definition) is 7. The molecule has 0 unspecified atom stereocenters. The Balaban J connectivity index is 1.66. The fraction of sp³-hybridized carbons (Fsp3) is 0.350. The first-order chi connectivity index (χ1) is 14.0. The van der Waals surface area contributed by atoms with Crippen molar-refractivity contribution < 1.29 is 17.7 Å². The Hall–Kier alpha value is -2.72. The number of aromatic nitrogens is 2. The van der Waals surface area contributed by atoms with Gasteiger partial charge in [-0.05, 0) is 34.6 Å². The van der Waals surface area contributed by atoms with Crippen molar-refractivity contribution >= 4 is 33.0 Å². The Kier molecular flexibility index (Phi) is 6.27. The fourth-order valence-corrected chi connectivity index (χ4v) is 4.23. The molecule has 1 N–H and O–H groups in total. The van der Waals surface area contributed by atoms with Crippen molar-refractivity contribution in [2.45, 2.75) is 32.7 Å². The van der Waals surface area contributed by atoms with Gasteiger partial charge in [0.05, 0.1) is 23.4 Å². The lowest BCUT2D eigenvalue weighted by molar-refractivity contribution is -0.119. The minimum Gasteiger partial charge on any atom is -0.345 e. The maximum Gasteiger partial charge on any atom is 0.246 e. The van der Waals surface area contributed by atoms with E-state index in [0.29, 0.717) is 11.5 Å². The maximum atomic E-state index is 12.4. The summed E-state index contributed by atoms with van der Waals surface area (Å²) in [5.41, 5.74) is 1.44. The summed E-state index contributed by atoms with van der Waals surface area (Å²) < 4.78 is 30.7. The molecule has 0 spiro atoms. The highest BCUT2D eigenvalue weighted by molar-refractivity contribution is 7.92. The minimum atomic E-state index is -3.65. The number of nitrogens with one attached hydrogen (secondary N) is 1. The molecule has 160 valence electrons. The van der Waals surface area contributed by atoms with Gasteiger partial charge in [-0.25, -0.2) is 8.42 Å². The van der Waals surface area contributed by atoms with E-state index in [0.717, 1.165) is 21.0 Å². The van der Waals surface area contributed by atoms with Crippen LogP contribution in [0.25, 0.3) is 10.7 Å². The van der Waals surface area contributed by atoms with Crippen LogP contribution in [0, 0.1) is 0 Å². The minimum absolute atomic E-state index is 0.0117. The molecule has 1 amide bonds. The van der Waals surface area contributed by atoms with E-state index in [1.54, 1.807) is 12.1 Å². The van der Waals surface area contributed by atoms with Gasteiger partial charge in [0, 0.05) is 0 Å². The molecule has 8 nitrogen and oxygen atoms in total. The number of carbonyl (C=O) groups excluding carboxylic acids is 1. The SMILES string of the molecule is CC(C)(C)c1ccc(N(CC(=O)NCc2nc(-c3cccs3)no2)S(C)(=O)=O)cc1. The van der Waals surface area contributed by atoms with E-state index in [-0.39, 0.29) is 24.4 Å². The highest BCUT2D eigenvalue weighted by atomic mass is 32.2. The van der Waals surface area contributed by atoms with Crippen molar-refractivity contribution in [2.24, 2.45) is 0 Å². The highest BCUT2D eigenvalue weighted by Crippen LogP contribution is 2.26. The van der Waals surface area contributed by atoms with E-state index < -0.39 is 15.9 Å². The number of benzene rings is 1.